The van der Waals surface area contributed by atoms with Crippen molar-refractivity contribution in [2.45, 2.75) is 13.8 Å². The van der Waals surface area contributed by atoms with Gasteiger partial charge in [-0.1, -0.05) is 29.0 Å². The van der Waals surface area contributed by atoms with Gasteiger partial charge in [-0.25, -0.2) is 4.98 Å². The van der Waals surface area contributed by atoms with Crippen molar-refractivity contribution in [3.05, 3.63) is 53.1 Å². The Kier molecular flexibility index (Phi) is 7.41. The molecule has 0 aliphatic heterocycles. The molecule has 0 N–H and O–H groups in total. The summed E-state index contributed by atoms with van der Waals surface area (Å²) >= 11 is 1.52. The smallest absolute Gasteiger partial charge is 0.260 e. The number of hydrogen-bond acceptors (Lipinski definition) is 5. The van der Waals surface area contributed by atoms with Gasteiger partial charge in [0.25, 0.3) is 5.91 Å². The number of ether oxygens (including phenoxy) is 1. The number of aryl methyl sites for hydroxylation is 2. The van der Waals surface area contributed by atoms with Crippen LogP contribution in [0.4, 0.5) is 5.13 Å². The maximum absolute atomic E-state index is 13.4. The second-order valence-corrected chi connectivity index (χ2v) is 7.92. The molecule has 1 aromatic heterocycles. The summed E-state index contributed by atoms with van der Waals surface area (Å²) in [4.78, 5) is 22.0. The fourth-order valence-electron chi connectivity index (χ4n) is 2.83. The standard InChI is InChI=1S/C21H25N3O2S.ClH/c1-14-6-7-15(2)17(12-14)20(25)24(11-10-23(3)4)21-22-18-9-8-16(26-5)13-19(18)27-21;/h6-9,12-13H,10-11H2,1-5H3;1H. The molecule has 0 saturated carbocycles. The number of carbonyl (C=O) groups is 1. The van der Waals surface area contributed by atoms with Gasteiger partial charge >= 0.3 is 0 Å². The third kappa shape index (κ3) is 4.82. The number of thiazole rings is 1. The summed E-state index contributed by atoms with van der Waals surface area (Å²) in [5.74, 6) is 0.780. The Bertz CT molecular complexity index is 971. The summed E-state index contributed by atoms with van der Waals surface area (Å²) in [6.07, 6.45) is 0. The van der Waals surface area contributed by atoms with E-state index in [2.05, 4.69) is 4.90 Å². The first-order chi connectivity index (χ1) is 12.9. The largest absolute Gasteiger partial charge is 0.497 e. The first-order valence-corrected chi connectivity index (χ1v) is 9.69. The zero-order valence-electron chi connectivity index (χ0n) is 16.9. The predicted octanol–water partition coefficient (Wildman–Crippen LogP) is 4.55. The maximum atomic E-state index is 13.4. The van der Waals surface area contributed by atoms with Crippen molar-refractivity contribution in [1.29, 1.82) is 0 Å². The molecule has 0 unspecified atom stereocenters. The molecule has 28 heavy (non-hydrogen) atoms. The lowest BCUT2D eigenvalue weighted by atomic mass is 10.0. The number of carbonyl (C=O) groups excluding carboxylic acids is 1. The Hall–Kier alpha value is -2.15. The third-order valence-corrected chi connectivity index (χ3v) is 5.50. The van der Waals surface area contributed by atoms with Gasteiger partial charge < -0.3 is 9.64 Å². The minimum atomic E-state index is -0.0101. The second-order valence-electron chi connectivity index (χ2n) is 6.91. The lowest BCUT2D eigenvalue weighted by Gasteiger charge is -2.23. The van der Waals surface area contributed by atoms with Gasteiger partial charge in [0.1, 0.15) is 5.75 Å². The molecular formula is C21H26ClN3O2S. The summed E-state index contributed by atoms with van der Waals surface area (Å²) in [6.45, 7) is 5.32. The van der Waals surface area contributed by atoms with E-state index in [0.29, 0.717) is 11.7 Å². The molecule has 0 saturated heterocycles. The Balaban J connectivity index is 0.00000280. The zero-order valence-corrected chi connectivity index (χ0v) is 18.5. The highest BCUT2D eigenvalue weighted by molar-refractivity contribution is 7.22. The molecule has 0 spiro atoms. The van der Waals surface area contributed by atoms with Crippen LogP contribution in [0.1, 0.15) is 21.5 Å². The number of halogens is 1. The molecule has 2 aromatic carbocycles. The second kappa shape index (κ2) is 9.37. The van der Waals surface area contributed by atoms with Crippen molar-refractivity contribution in [3.8, 4) is 5.75 Å². The van der Waals surface area contributed by atoms with Gasteiger partial charge in [0.15, 0.2) is 5.13 Å². The fourth-order valence-corrected chi connectivity index (χ4v) is 3.85. The number of likely N-dealkylation sites (N-methyl/N-ethyl adjacent to an activating group) is 1. The average molecular weight is 420 g/mol. The van der Waals surface area contributed by atoms with E-state index in [4.69, 9.17) is 9.72 Å². The van der Waals surface area contributed by atoms with Crippen molar-refractivity contribution < 1.29 is 9.53 Å². The van der Waals surface area contributed by atoms with Crippen LogP contribution in [-0.4, -0.2) is 50.1 Å². The normalized spacial score (nSPS) is 10.8. The molecule has 1 amide bonds. The van der Waals surface area contributed by atoms with E-state index in [1.54, 1.807) is 12.0 Å². The van der Waals surface area contributed by atoms with Crippen LogP contribution < -0.4 is 9.64 Å². The van der Waals surface area contributed by atoms with Crippen LogP contribution in [0, 0.1) is 13.8 Å². The number of rotatable bonds is 6. The van der Waals surface area contributed by atoms with E-state index in [1.807, 2.05) is 64.3 Å². The zero-order chi connectivity index (χ0) is 19.6. The number of anilines is 1. The summed E-state index contributed by atoms with van der Waals surface area (Å²) < 4.78 is 6.32. The number of benzene rings is 2. The summed E-state index contributed by atoms with van der Waals surface area (Å²) in [5.41, 5.74) is 3.65. The van der Waals surface area contributed by atoms with Crippen LogP contribution in [0.25, 0.3) is 10.2 Å². The highest BCUT2D eigenvalue weighted by Crippen LogP contribution is 2.32. The van der Waals surface area contributed by atoms with Gasteiger partial charge in [-0.2, -0.15) is 0 Å². The Morgan fingerprint density at radius 3 is 2.54 bits per heavy atom. The number of hydrogen-bond donors (Lipinski definition) is 0. The molecule has 0 fully saturated rings. The molecule has 1 heterocycles. The summed E-state index contributed by atoms with van der Waals surface area (Å²) in [6, 6.07) is 11.8. The van der Waals surface area contributed by atoms with Crippen molar-refractivity contribution in [2.75, 3.05) is 39.2 Å². The highest BCUT2D eigenvalue weighted by atomic mass is 35.5. The van der Waals surface area contributed by atoms with Crippen LogP contribution in [0.5, 0.6) is 5.75 Å². The first-order valence-electron chi connectivity index (χ1n) is 8.87. The van der Waals surface area contributed by atoms with E-state index in [9.17, 15) is 4.79 Å². The molecule has 0 aliphatic carbocycles. The van der Waals surface area contributed by atoms with E-state index in [-0.39, 0.29) is 18.3 Å². The number of aromatic nitrogens is 1. The number of amides is 1. The molecule has 0 aliphatic rings. The number of fused-ring (bicyclic) bond motifs is 1. The maximum Gasteiger partial charge on any atom is 0.260 e. The van der Waals surface area contributed by atoms with Crippen LogP contribution >= 0.6 is 23.7 Å². The molecule has 5 nitrogen and oxygen atoms in total. The van der Waals surface area contributed by atoms with Crippen LogP contribution in [0.15, 0.2) is 36.4 Å². The average Bonchev–Trinajstić information content (AvgIpc) is 3.06. The third-order valence-electron chi connectivity index (χ3n) is 4.45. The van der Waals surface area contributed by atoms with Crippen LogP contribution in [0.3, 0.4) is 0 Å². The van der Waals surface area contributed by atoms with Crippen molar-refractivity contribution in [2.24, 2.45) is 0 Å². The minimum Gasteiger partial charge on any atom is -0.497 e. The Morgan fingerprint density at radius 2 is 1.86 bits per heavy atom. The molecule has 0 atom stereocenters. The summed E-state index contributed by atoms with van der Waals surface area (Å²) in [7, 11) is 5.66. The lowest BCUT2D eigenvalue weighted by molar-refractivity contribution is 0.0984. The number of nitrogens with zero attached hydrogens (tertiary/aromatic N) is 3. The van der Waals surface area contributed by atoms with Gasteiger partial charge in [0.2, 0.25) is 0 Å². The monoisotopic (exact) mass is 419 g/mol. The van der Waals surface area contributed by atoms with Crippen LogP contribution in [-0.2, 0) is 0 Å². The van der Waals surface area contributed by atoms with Gasteiger partial charge in [-0.3, -0.25) is 9.69 Å². The quantitative estimate of drug-likeness (QED) is 0.587. The molecule has 0 bridgehead atoms. The number of methoxy groups -OCH3 is 1. The predicted molar refractivity (Wildman–Crippen MR) is 120 cm³/mol. The van der Waals surface area contributed by atoms with Gasteiger partial charge in [-0.05, 0) is 57.8 Å². The topological polar surface area (TPSA) is 45.7 Å². The van der Waals surface area contributed by atoms with E-state index in [0.717, 1.165) is 39.2 Å². The summed E-state index contributed by atoms with van der Waals surface area (Å²) in [5, 5.41) is 0.714. The molecule has 150 valence electrons. The van der Waals surface area contributed by atoms with E-state index < -0.39 is 0 Å². The SMILES string of the molecule is COc1ccc2nc(N(CCN(C)C)C(=O)c3cc(C)ccc3C)sc2c1.Cl. The van der Waals surface area contributed by atoms with Gasteiger partial charge in [-0.15, -0.1) is 12.4 Å². The molecule has 3 rings (SSSR count). The van der Waals surface area contributed by atoms with Crippen molar-refractivity contribution in [3.63, 3.8) is 0 Å². The highest BCUT2D eigenvalue weighted by Gasteiger charge is 2.23. The lowest BCUT2D eigenvalue weighted by Crippen LogP contribution is -2.37. The Morgan fingerprint density at radius 1 is 1.11 bits per heavy atom. The molecule has 0 radical (unpaired) electrons. The first kappa shape index (κ1) is 22.1. The fraction of sp³-hybridized carbons (Fsp3) is 0.333. The van der Waals surface area contributed by atoms with E-state index in [1.165, 1.54) is 11.3 Å². The minimum absolute atomic E-state index is 0. The molecule has 7 heteroatoms. The Labute approximate surface area is 176 Å². The van der Waals surface area contributed by atoms with Gasteiger partial charge in [0, 0.05) is 18.7 Å². The van der Waals surface area contributed by atoms with Crippen molar-refractivity contribution in [1.82, 2.24) is 9.88 Å². The molecule has 3 aromatic rings. The van der Waals surface area contributed by atoms with E-state index >= 15 is 0 Å². The van der Waals surface area contributed by atoms with Crippen LogP contribution in [0.2, 0.25) is 0 Å². The molecular weight excluding hydrogens is 394 g/mol. The van der Waals surface area contributed by atoms with Gasteiger partial charge in [0.05, 0.1) is 17.3 Å². The van der Waals surface area contributed by atoms with Crippen molar-refractivity contribution >= 4 is 45.0 Å².